The molecular weight excluding hydrogens is 504 g/mol. The van der Waals surface area contributed by atoms with Gasteiger partial charge in [-0.3, -0.25) is 14.4 Å². The zero-order valence-corrected chi connectivity index (χ0v) is 22.6. The van der Waals surface area contributed by atoms with E-state index in [9.17, 15) is 14.4 Å². The van der Waals surface area contributed by atoms with Gasteiger partial charge in [-0.25, -0.2) is 4.98 Å². The molecule has 200 valence electrons. The van der Waals surface area contributed by atoms with Gasteiger partial charge in [0.1, 0.15) is 6.54 Å². The minimum Gasteiger partial charge on any atom is -0.493 e. The fraction of sp³-hybridized carbons (Fsp3) is 0.357. The van der Waals surface area contributed by atoms with Gasteiger partial charge < -0.3 is 25.0 Å². The Bertz CT molecular complexity index is 1300. The molecule has 0 aliphatic heterocycles. The first-order valence-corrected chi connectivity index (χ1v) is 13.3. The molecule has 10 heteroatoms. The van der Waals surface area contributed by atoms with Gasteiger partial charge in [-0.05, 0) is 55.5 Å². The lowest BCUT2D eigenvalue weighted by atomic mass is 10.1. The second kappa shape index (κ2) is 12.6. The number of rotatable bonds is 12. The van der Waals surface area contributed by atoms with Crippen LogP contribution in [-0.4, -0.2) is 61.0 Å². The van der Waals surface area contributed by atoms with Gasteiger partial charge in [0, 0.05) is 23.5 Å². The first kappa shape index (κ1) is 27.1. The fourth-order valence-corrected chi connectivity index (χ4v) is 4.82. The topological polar surface area (TPSA) is 110 Å². The molecule has 4 rings (SSSR count). The largest absolute Gasteiger partial charge is 0.493 e. The van der Waals surface area contributed by atoms with Crippen LogP contribution in [0.4, 0.5) is 5.13 Å². The molecule has 0 saturated heterocycles. The summed E-state index contributed by atoms with van der Waals surface area (Å²) >= 11 is 1.25. The number of ether oxygens (including phenoxy) is 2. The molecule has 3 aromatic rings. The smallest absolute Gasteiger partial charge is 0.254 e. The van der Waals surface area contributed by atoms with Gasteiger partial charge in [-0.2, -0.15) is 0 Å². The third-order valence-corrected chi connectivity index (χ3v) is 7.07. The molecule has 3 amide bonds. The van der Waals surface area contributed by atoms with Crippen LogP contribution in [-0.2, 0) is 22.4 Å². The molecule has 1 aromatic heterocycles. The number of hydrogen-bond donors (Lipinski definition) is 2. The number of anilines is 1. The molecule has 1 fully saturated rings. The normalized spacial score (nSPS) is 12.5. The molecule has 1 saturated carbocycles. The molecule has 0 radical (unpaired) electrons. The van der Waals surface area contributed by atoms with Crippen molar-refractivity contribution in [3.05, 3.63) is 70.2 Å². The number of benzene rings is 2. The summed E-state index contributed by atoms with van der Waals surface area (Å²) in [6.45, 7) is 2.32. The van der Waals surface area contributed by atoms with Crippen LogP contribution in [0.25, 0.3) is 0 Å². The van der Waals surface area contributed by atoms with Crippen LogP contribution in [0.15, 0.2) is 47.8 Å². The molecule has 0 spiro atoms. The number of aryl methyl sites for hydroxylation is 1. The second-order valence-corrected chi connectivity index (χ2v) is 10.00. The summed E-state index contributed by atoms with van der Waals surface area (Å²) in [5.41, 5.74) is 3.09. The van der Waals surface area contributed by atoms with Crippen LogP contribution in [0.3, 0.4) is 0 Å². The summed E-state index contributed by atoms with van der Waals surface area (Å²) in [4.78, 5) is 44.2. The summed E-state index contributed by atoms with van der Waals surface area (Å²) in [7, 11) is 3.17. The Hall–Kier alpha value is -3.92. The number of methoxy groups -OCH3 is 2. The van der Waals surface area contributed by atoms with Crippen molar-refractivity contribution < 1.29 is 23.9 Å². The Morgan fingerprint density at radius 3 is 2.53 bits per heavy atom. The number of amides is 3. The van der Waals surface area contributed by atoms with Crippen LogP contribution >= 0.6 is 11.3 Å². The van der Waals surface area contributed by atoms with Gasteiger partial charge in [0.15, 0.2) is 16.6 Å². The van der Waals surface area contributed by atoms with Crippen LogP contribution < -0.4 is 20.1 Å². The first-order valence-electron chi connectivity index (χ1n) is 12.5. The zero-order valence-electron chi connectivity index (χ0n) is 21.8. The number of thiazole rings is 1. The van der Waals surface area contributed by atoms with Gasteiger partial charge >= 0.3 is 0 Å². The average molecular weight is 537 g/mol. The van der Waals surface area contributed by atoms with E-state index in [2.05, 4.69) is 15.6 Å². The molecule has 1 heterocycles. The number of aromatic nitrogens is 1. The summed E-state index contributed by atoms with van der Waals surface area (Å²) < 4.78 is 10.6. The van der Waals surface area contributed by atoms with E-state index in [0.29, 0.717) is 40.9 Å². The molecule has 0 atom stereocenters. The van der Waals surface area contributed by atoms with Crippen molar-refractivity contribution in [3.8, 4) is 11.5 Å². The van der Waals surface area contributed by atoms with E-state index < -0.39 is 0 Å². The highest BCUT2D eigenvalue weighted by Crippen LogP contribution is 2.29. The predicted octanol–water partition coefficient (Wildman–Crippen LogP) is 3.61. The van der Waals surface area contributed by atoms with E-state index in [4.69, 9.17) is 9.47 Å². The highest BCUT2D eigenvalue weighted by atomic mass is 32.1. The van der Waals surface area contributed by atoms with Crippen LogP contribution in [0, 0.1) is 6.92 Å². The van der Waals surface area contributed by atoms with E-state index in [-0.39, 0.29) is 36.7 Å². The molecule has 0 bridgehead atoms. The molecule has 9 nitrogen and oxygen atoms in total. The van der Waals surface area contributed by atoms with Crippen molar-refractivity contribution in [1.82, 2.24) is 15.2 Å². The Balaban J connectivity index is 1.25. The lowest BCUT2D eigenvalue weighted by Crippen LogP contribution is -2.39. The quantitative estimate of drug-likeness (QED) is 0.366. The van der Waals surface area contributed by atoms with Gasteiger partial charge in [-0.1, -0.05) is 24.3 Å². The standard InChI is InChI=1S/C28H32N4O5S/c1-18-6-4-5-7-22(18)27(35)32(21-9-10-21)16-26(34)31-28-30-20(17-38-28)15-25(33)29-13-12-19-8-11-23(36-2)24(14-19)37-3/h4-8,11,14,17,21H,9-10,12-13,15-16H2,1-3H3,(H,29,33)(H,30,31,34). The van der Waals surface area contributed by atoms with E-state index in [0.717, 1.165) is 24.0 Å². The van der Waals surface area contributed by atoms with Crippen molar-refractivity contribution >= 4 is 34.2 Å². The lowest BCUT2D eigenvalue weighted by molar-refractivity contribution is -0.120. The average Bonchev–Trinajstić information content (AvgIpc) is 3.67. The van der Waals surface area contributed by atoms with Gasteiger partial charge in [0.05, 0.1) is 26.3 Å². The Morgan fingerprint density at radius 1 is 1.05 bits per heavy atom. The summed E-state index contributed by atoms with van der Waals surface area (Å²) in [5.74, 6) is 0.708. The van der Waals surface area contributed by atoms with Crippen molar-refractivity contribution in [2.45, 2.75) is 38.6 Å². The molecule has 0 unspecified atom stereocenters. The highest BCUT2D eigenvalue weighted by molar-refractivity contribution is 7.13. The monoisotopic (exact) mass is 536 g/mol. The minimum atomic E-state index is -0.306. The van der Waals surface area contributed by atoms with Gasteiger partial charge in [-0.15, -0.1) is 11.3 Å². The maximum absolute atomic E-state index is 13.1. The Morgan fingerprint density at radius 2 is 1.82 bits per heavy atom. The Labute approximate surface area is 226 Å². The zero-order chi connectivity index (χ0) is 27.1. The van der Waals surface area contributed by atoms with Crippen molar-refractivity contribution in [2.24, 2.45) is 0 Å². The number of hydrogen-bond acceptors (Lipinski definition) is 7. The summed E-state index contributed by atoms with van der Waals surface area (Å²) in [5, 5.41) is 7.83. The minimum absolute atomic E-state index is 0.0383. The first-order chi connectivity index (χ1) is 18.4. The van der Waals surface area contributed by atoms with E-state index in [1.165, 1.54) is 11.3 Å². The summed E-state index contributed by atoms with van der Waals surface area (Å²) in [6.07, 6.45) is 2.54. The van der Waals surface area contributed by atoms with Gasteiger partial charge in [0.2, 0.25) is 11.8 Å². The molecular formula is C28H32N4O5S. The van der Waals surface area contributed by atoms with E-state index in [1.54, 1.807) is 30.6 Å². The SMILES string of the molecule is COc1ccc(CCNC(=O)Cc2csc(NC(=O)CN(C(=O)c3ccccc3C)C3CC3)n2)cc1OC. The lowest BCUT2D eigenvalue weighted by Gasteiger charge is -2.22. The maximum atomic E-state index is 13.1. The third-order valence-electron chi connectivity index (χ3n) is 6.26. The van der Waals surface area contributed by atoms with Crippen molar-refractivity contribution in [1.29, 1.82) is 0 Å². The summed E-state index contributed by atoms with van der Waals surface area (Å²) in [6, 6.07) is 13.1. The van der Waals surface area contributed by atoms with Crippen molar-refractivity contribution in [2.75, 3.05) is 32.6 Å². The molecule has 2 N–H and O–H groups in total. The molecule has 38 heavy (non-hydrogen) atoms. The van der Waals surface area contributed by atoms with E-state index >= 15 is 0 Å². The predicted molar refractivity (Wildman–Crippen MR) is 146 cm³/mol. The molecule has 1 aliphatic carbocycles. The molecule has 1 aliphatic rings. The Kier molecular flexibility index (Phi) is 8.96. The highest BCUT2D eigenvalue weighted by Gasteiger charge is 2.34. The second-order valence-electron chi connectivity index (χ2n) is 9.14. The van der Waals surface area contributed by atoms with Crippen LogP contribution in [0.5, 0.6) is 11.5 Å². The number of carbonyl (C=O) groups excluding carboxylic acids is 3. The van der Waals surface area contributed by atoms with Crippen LogP contribution in [0.2, 0.25) is 0 Å². The molecule has 2 aromatic carbocycles. The van der Waals surface area contributed by atoms with E-state index in [1.807, 2.05) is 43.3 Å². The van der Waals surface area contributed by atoms with Gasteiger partial charge in [0.25, 0.3) is 5.91 Å². The van der Waals surface area contributed by atoms with Crippen molar-refractivity contribution in [3.63, 3.8) is 0 Å². The number of nitrogens with zero attached hydrogens (tertiary/aromatic N) is 2. The number of carbonyl (C=O) groups is 3. The maximum Gasteiger partial charge on any atom is 0.254 e. The fourth-order valence-electron chi connectivity index (χ4n) is 4.09. The third kappa shape index (κ3) is 7.10. The number of nitrogens with one attached hydrogen (secondary N) is 2. The van der Waals surface area contributed by atoms with Crippen LogP contribution in [0.1, 0.15) is 40.0 Å².